The Labute approximate surface area is 240 Å². The highest BCUT2D eigenvalue weighted by atomic mass is 16.5. The summed E-state index contributed by atoms with van der Waals surface area (Å²) in [6.45, 7) is 0. The number of hydrogen-bond donors (Lipinski definition) is 0. The second-order valence-electron chi connectivity index (χ2n) is 12.5. The van der Waals surface area contributed by atoms with E-state index < -0.39 is 5.72 Å². The standard InChI is InChI=1S/C37H33N3O/c1-40-34-18-16-25(24-8-3-2-4-9-24)21-31(34)37(28-11-5-12-29(37)14-6-13-28)36(40)23-39-32-17-15-26-22-33-27(10-7-19-38-33)20-30(26)35(32)41-36/h2-4,7-10,15-23,28-29H,5-6,11-14H2,1H3. The highest BCUT2D eigenvalue weighted by Gasteiger charge is 2.70. The van der Waals surface area contributed by atoms with Gasteiger partial charge < -0.3 is 9.64 Å². The molecule has 202 valence electrons. The second kappa shape index (κ2) is 8.42. The quantitative estimate of drug-likeness (QED) is 0.201. The van der Waals surface area contributed by atoms with E-state index in [1.165, 1.54) is 60.9 Å². The molecule has 0 N–H and O–H groups in total. The molecule has 0 amide bonds. The first-order chi connectivity index (χ1) is 20.2. The topological polar surface area (TPSA) is 37.7 Å². The first kappa shape index (κ1) is 23.5. The van der Waals surface area contributed by atoms with Crippen LogP contribution in [0.2, 0.25) is 0 Å². The van der Waals surface area contributed by atoms with Gasteiger partial charge in [-0.25, -0.2) is 0 Å². The summed E-state index contributed by atoms with van der Waals surface area (Å²) < 4.78 is 7.57. The lowest BCUT2D eigenvalue weighted by Crippen LogP contribution is -2.69. The van der Waals surface area contributed by atoms with Gasteiger partial charge in [0, 0.05) is 29.7 Å². The molecule has 3 heterocycles. The van der Waals surface area contributed by atoms with Crippen molar-refractivity contribution in [1.29, 1.82) is 0 Å². The summed E-state index contributed by atoms with van der Waals surface area (Å²) in [6.07, 6.45) is 11.6. The summed E-state index contributed by atoms with van der Waals surface area (Å²) in [6, 6.07) is 30.8. The van der Waals surface area contributed by atoms with Crippen LogP contribution in [-0.4, -0.2) is 24.0 Å². The van der Waals surface area contributed by atoms with Gasteiger partial charge in [-0.3, -0.25) is 9.98 Å². The number of hydrogen-bond acceptors (Lipinski definition) is 4. The van der Waals surface area contributed by atoms with Crippen LogP contribution in [0.25, 0.3) is 32.8 Å². The van der Waals surface area contributed by atoms with Crippen molar-refractivity contribution in [2.75, 3.05) is 11.9 Å². The SMILES string of the molecule is CN1c2ccc(-c3ccccc3)cc2C2(C3CCCC2CCC3)C12C=Nc1ccc3cc4ncccc4cc3c1O2. The van der Waals surface area contributed by atoms with Gasteiger partial charge in [-0.15, -0.1) is 0 Å². The third-order valence-corrected chi connectivity index (χ3v) is 10.8. The zero-order valence-electron chi connectivity index (χ0n) is 23.4. The fourth-order valence-electron chi connectivity index (χ4n) is 9.15. The lowest BCUT2D eigenvalue weighted by molar-refractivity contribution is -0.0588. The van der Waals surface area contributed by atoms with Crippen LogP contribution >= 0.6 is 0 Å². The maximum atomic E-state index is 7.57. The van der Waals surface area contributed by atoms with Crippen molar-refractivity contribution >= 4 is 39.3 Å². The molecule has 2 fully saturated rings. The molecule has 0 saturated heterocycles. The Hall–Kier alpha value is -4.18. The number of nitrogens with zero attached hydrogens (tertiary/aromatic N) is 3. The zero-order valence-corrected chi connectivity index (χ0v) is 23.4. The molecule has 9 rings (SSSR count). The summed E-state index contributed by atoms with van der Waals surface area (Å²) in [5, 5.41) is 3.38. The Bertz CT molecular complexity index is 1860. The normalized spacial score (nSPS) is 27.8. The van der Waals surface area contributed by atoms with Gasteiger partial charge in [0.05, 0.1) is 17.1 Å². The molecule has 0 radical (unpaired) electrons. The van der Waals surface area contributed by atoms with Crippen molar-refractivity contribution in [3.8, 4) is 16.9 Å². The van der Waals surface area contributed by atoms with Gasteiger partial charge in [-0.1, -0.05) is 61.4 Å². The van der Waals surface area contributed by atoms with E-state index in [0.29, 0.717) is 11.8 Å². The number of ether oxygens (including phenoxy) is 1. The van der Waals surface area contributed by atoms with E-state index in [-0.39, 0.29) is 5.41 Å². The van der Waals surface area contributed by atoms with Crippen LogP contribution in [0.3, 0.4) is 0 Å². The molecule has 5 aromatic rings. The van der Waals surface area contributed by atoms with E-state index in [1.807, 2.05) is 12.3 Å². The molecule has 2 saturated carbocycles. The fourth-order valence-corrected chi connectivity index (χ4v) is 9.15. The number of likely N-dealkylation sites (N-methyl/N-ethyl adjacent to an activating group) is 1. The Balaban J connectivity index is 1.30. The first-order valence-corrected chi connectivity index (χ1v) is 15.2. The van der Waals surface area contributed by atoms with Crippen molar-refractivity contribution < 1.29 is 4.74 Å². The minimum absolute atomic E-state index is 0.153. The van der Waals surface area contributed by atoms with Crippen molar-refractivity contribution in [1.82, 2.24) is 4.98 Å². The molecular formula is C37H33N3O. The average molecular weight is 536 g/mol. The van der Waals surface area contributed by atoms with E-state index in [2.05, 4.69) is 102 Å². The monoisotopic (exact) mass is 535 g/mol. The Morgan fingerprint density at radius 2 is 1.59 bits per heavy atom. The van der Waals surface area contributed by atoms with Crippen LogP contribution in [0.4, 0.5) is 11.4 Å². The molecule has 4 aliphatic rings. The van der Waals surface area contributed by atoms with E-state index in [1.54, 1.807) is 0 Å². The number of anilines is 1. The van der Waals surface area contributed by atoms with Crippen molar-refractivity contribution in [2.24, 2.45) is 16.8 Å². The van der Waals surface area contributed by atoms with E-state index in [4.69, 9.17) is 9.73 Å². The summed E-state index contributed by atoms with van der Waals surface area (Å²) >= 11 is 0. The van der Waals surface area contributed by atoms with Crippen molar-refractivity contribution in [2.45, 2.75) is 49.7 Å². The van der Waals surface area contributed by atoms with E-state index >= 15 is 0 Å². The van der Waals surface area contributed by atoms with E-state index in [9.17, 15) is 0 Å². The van der Waals surface area contributed by atoms with Crippen LogP contribution in [-0.2, 0) is 5.41 Å². The molecular weight excluding hydrogens is 502 g/mol. The molecule has 1 aromatic heterocycles. The van der Waals surface area contributed by atoms with Gasteiger partial charge in [-0.05, 0) is 96.0 Å². The third kappa shape index (κ3) is 3.00. The molecule has 2 aliphatic carbocycles. The summed E-state index contributed by atoms with van der Waals surface area (Å²) in [5.41, 5.74) is 6.39. The number of pyridine rings is 1. The molecule has 4 aromatic carbocycles. The maximum Gasteiger partial charge on any atom is 0.229 e. The van der Waals surface area contributed by atoms with Gasteiger partial charge >= 0.3 is 0 Å². The highest BCUT2D eigenvalue weighted by Crippen LogP contribution is 2.67. The Kier molecular flexibility index (Phi) is 4.83. The fraction of sp³-hybridized carbons (Fsp3) is 0.297. The minimum Gasteiger partial charge on any atom is -0.459 e. The molecule has 4 nitrogen and oxygen atoms in total. The smallest absolute Gasteiger partial charge is 0.229 e. The highest BCUT2D eigenvalue weighted by molar-refractivity contribution is 6.03. The molecule has 1 unspecified atom stereocenters. The Morgan fingerprint density at radius 3 is 2.39 bits per heavy atom. The van der Waals surface area contributed by atoms with Crippen LogP contribution in [0.1, 0.15) is 44.1 Å². The van der Waals surface area contributed by atoms with Crippen LogP contribution in [0.15, 0.2) is 96.1 Å². The largest absolute Gasteiger partial charge is 0.459 e. The second-order valence-corrected chi connectivity index (χ2v) is 12.5. The maximum absolute atomic E-state index is 7.57. The molecule has 4 heteroatoms. The van der Waals surface area contributed by atoms with Gasteiger partial charge in [0.1, 0.15) is 5.69 Å². The number of aromatic nitrogens is 1. The van der Waals surface area contributed by atoms with Crippen LogP contribution in [0.5, 0.6) is 5.75 Å². The summed E-state index contributed by atoms with van der Waals surface area (Å²) in [5.74, 6) is 2.01. The molecule has 2 aliphatic heterocycles. The number of benzene rings is 4. The van der Waals surface area contributed by atoms with Crippen LogP contribution < -0.4 is 9.64 Å². The minimum atomic E-state index is -0.675. The van der Waals surface area contributed by atoms with Crippen LogP contribution in [0, 0.1) is 11.8 Å². The number of fused-ring (bicyclic) bond motifs is 5. The summed E-state index contributed by atoms with van der Waals surface area (Å²) in [7, 11) is 2.24. The molecule has 2 spiro atoms. The lowest BCUT2D eigenvalue weighted by atomic mass is 9.48. The van der Waals surface area contributed by atoms with Crippen molar-refractivity contribution in [3.63, 3.8) is 0 Å². The molecule has 1 atom stereocenters. The lowest BCUT2D eigenvalue weighted by Gasteiger charge is -2.59. The number of aliphatic imine (C=N–C) groups is 1. The average Bonchev–Trinajstić information content (AvgIpc) is 3.20. The predicted octanol–water partition coefficient (Wildman–Crippen LogP) is 8.83. The first-order valence-electron chi connectivity index (χ1n) is 15.2. The van der Waals surface area contributed by atoms with Gasteiger partial charge in [0.2, 0.25) is 5.72 Å². The summed E-state index contributed by atoms with van der Waals surface area (Å²) in [4.78, 5) is 12.3. The van der Waals surface area contributed by atoms with Gasteiger partial charge in [0.15, 0.2) is 5.75 Å². The predicted molar refractivity (Wildman–Crippen MR) is 167 cm³/mol. The van der Waals surface area contributed by atoms with Gasteiger partial charge in [-0.2, -0.15) is 0 Å². The number of rotatable bonds is 1. The van der Waals surface area contributed by atoms with Gasteiger partial charge in [0.25, 0.3) is 0 Å². The molecule has 2 bridgehead atoms. The molecule has 41 heavy (non-hydrogen) atoms. The Morgan fingerprint density at radius 1 is 0.780 bits per heavy atom. The van der Waals surface area contributed by atoms with Crippen molar-refractivity contribution in [3.05, 3.63) is 96.7 Å². The van der Waals surface area contributed by atoms with E-state index in [0.717, 1.165) is 33.1 Å². The third-order valence-electron chi connectivity index (χ3n) is 10.8. The zero-order chi connectivity index (χ0) is 27.2.